The summed E-state index contributed by atoms with van der Waals surface area (Å²) >= 11 is 0. The number of rotatable bonds is 3. The van der Waals surface area contributed by atoms with Crippen LogP contribution in [-0.4, -0.2) is 43.7 Å². The van der Waals surface area contributed by atoms with E-state index in [0.717, 1.165) is 24.2 Å². The molecule has 0 radical (unpaired) electrons. The molecule has 0 saturated carbocycles. The molecule has 0 amide bonds. The van der Waals surface area contributed by atoms with Crippen LogP contribution >= 0.6 is 0 Å². The Morgan fingerprint density at radius 3 is 2.76 bits per heavy atom. The van der Waals surface area contributed by atoms with Gasteiger partial charge in [-0.1, -0.05) is 13.0 Å². The van der Waals surface area contributed by atoms with E-state index in [2.05, 4.69) is 31.1 Å². The van der Waals surface area contributed by atoms with Crippen molar-refractivity contribution in [3.05, 3.63) is 29.3 Å². The highest BCUT2D eigenvalue weighted by Crippen LogP contribution is 2.27. The van der Waals surface area contributed by atoms with E-state index >= 15 is 0 Å². The fourth-order valence-electron chi connectivity index (χ4n) is 3.07. The number of methoxy groups -OCH3 is 1. The Hall–Kier alpha value is -1.55. The highest BCUT2D eigenvalue weighted by atomic mass is 16.5. The summed E-state index contributed by atoms with van der Waals surface area (Å²) in [4.78, 5) is 14.2. The fraction of sp³-hybridized carbons (Fsp3) is 0.588. The molecule has 3 atom stereocenters. The fourth-order valence-corrected chi connectivity index (χ4v) is 3.07. The van der Waals surface area contributed by atoms with Crippen molar-refractivity contribution < 1.29 is 9.53 Å². The van der Waals surface area contributed by atoms with E-state index in [1.165, 1.54) is 7.11 Å². The average Bonchev–Trinajstić information content (AvgIpc) is 2.46. The Labute approximate surface area is 127 Å². The molecule has 1 aromatic carbocycles. The van der Waals surface area contributed by atoms with E-state index < -0.39 is 0 Å². The zero-order chi connectivity index (χ0) is 15.6. The van der Waals surface area contributed by atoms with E-state index in [1.807, 2.05) is 25.1 Å². The molecule has 0 aliphatic carbocycles. The van der Waals surface area contributed by atoms with Crippen molar-refractivity contribution in [2.45, 2.75) is 39.3 Å². The first kappa shape index (κ1) is 15.8. The summed E-state index contributed by atoms with van der Waals surface area (Å²) in [5, 5.41) is 3.63. The number of likely N-dealkylation sites (tertiary alicyclic amines) is 1. The van der Waals surface area contributed by atoms with Gasteiger partial charge >= 0.3 is 5.97 Å². The van der Waals surface area contributed by atoms with Crippen LogP contribution in [0.3, 0.4) is 0 Å². The van der Waals surface area contributed by atoms with Gasteiger partial charge in [0, 0.05) is 24.3 Å². The highest BCUT2D eigenvalue weighted by Gasteiger charge is 2.29. The predicted molar refractivity (Wildman–Crippen MR) is 85.8 cm³/mol. The second-order valence-corrected chi connectivity index (χ2v) is 6.22. The summed E-state index contributed by atoms with van der Waals surface area (Å²) in [6, 6.07) is 6.76. The number of nitrogens with one attached hydrogen (secondary N) is 1. The number of nitrogens with zero attached hydrogens (tertiary/aromatic N) is 1. The van der Waals surface area contributed by atoms with E-state index in [9.17, 15) is 4.79 Å². The lowest BCUT2D eigenvalue weighted by atomic mass is 9.89. The van der Waals surface area contributed by atoms with Gasteiger partial charge in [0.2, 0.25) is 0 Å². The molecule has 1 aromatic rings. The lowest BCUT2D eigenvalue weighted by Gasteiger charge is -2.40. The molecule has 21 heavy (non-hydrogen) atoms. The average molecular weight is 290 g/mol. The number of hydrogen-bond acceptors (Lipinski definition) is 4. The van der Waals surface area contributed by atoms with E-state index in [4.69, 9.17) is 4.74 Å². The summed E-state index contributed by atoms with van der Waals surface area (Å²) in [7, 11) is 3.60. The molecule has 0 spiro atoms. The minimum absolute atomic E-state index is 0.277. The standard InChI is InChI=1S/C17H26N2O2/c1-11-10-19(4)12(2)9-16(11)18-15-8-6-7-14(13(15)3)17(20)21-5/h6-8,11-12,16,18H,9-10H2,1-5H3. The third kappa shape index (κ3) is 3.38. The predicted octanol–water partition coefficient (Wildman–Crippen LogP) is 2.92. The van der Waals surface area contributed by atoms with Crippen LogP contribution < -0.4 is 5.32 Å². The molecule has 3 unspecified atom stereocenters. The Morgan fingerprint density at radius 2 is 2.10 bits per heavy atom. The number of piperidine rings is 1. The van der Waals surface area contributed by atoms with Crippen LogP contribution in [0, 0.1) is 12.8 Å². The van der Waals surface area contributed by atoms with Crippen molar-refractivity contribution in [3.8, 4) is 0 Å². The van der Waals surface area contributed by atoms with Crippen molar-refractivity contribution in [2.24, 2.45) is 5.92 Å². The normalized spacial score (nSPS) is 26.4. The molecular formula is C17H26N2O2. The Morgan fingerprint density at radius 1 is 1.38 bits per heavy atom. The van der Waals surface area contributed by atoms with Crippen molar-refractivity contribution in [3.63, 3.8) is 0 Å². The number of carbonyl (C=O) groups is 1. The van der Waals surface area contributed by atoms with Gasteiger partial charge in [0.05, 0.1) is 12.7 Å². The number of esters is 1. The van der Waals surface area contributed by atoms with Gasteiger partial charge in [-0.3, -0.25) is 0 Å². The van der Waals surface area contributed by atoms with E-state index in [0.29, 0.717) is 23.6 Å². The largest absolute Gasteiger partial charge is 0.465 e. The SMILES string of the molecule is COC(=O)c1cccc(NC2CC(C)N(C)CC2C)c1C. The molecular weight excluding hydrogens is 264 g/mol. The van der Waals surface area contributed by atoms with Crippen molar-refractivity contribution in [1.82, 2.24) is 4.90 Å². The molecule has 4 nitrogen and oxygen atoms in total. The minimum Gasteiger partial charge on any atom is -0.465 e. The lowest BCUT2D eigenvalue weighted by Crippen LogP contribution is -2.48. The van der Waals surface area contributed by atoms with Gasteiger partial charge in [0.25, 0.3) is 0 Å². The van der Waals surface area contributed by atoms with Crippen LogP contribution in [-0.2, 0) is 4.74 Å². The van der Waals surface area contributed by atoms with Crippen molar-refractivity contribution in [2.75, 3.05) is 26.0 Å². The minimum atomic E-state index is -0.277. The molecule has 0 aromatic heterocycles. The maximum Gasteiger partial charge on any atom is 0.338 e. The van der Waals surface area contributed by atoms with Gasteiger partial charge in [-0.25, -0.2) is 4.79 Å². The van der Waals surface area contributed by atoms with Gasteiger partial charge in [0.1, 0.15) is 0 Å². The number of ether oxygens (including phenoxy) is 1. The quantitative estimate of drug-likeness (QED) is 0.869. The molecule has 1 aliphatic rings. The smallest absolute Gasteiger partial charge is 0.338 e. The number of hydrogen-bond donors (Lipinski definition) is 1. The number of anilines is 1. The van der Waals surface area contributed by atoms with Crippen LogP contribution in [0.15, 0.2) is 18.2 Å². The van der Waals surface area contributed by atoms with Crippen LogP contribution in [0.1, 0.15) is 36.2 Å². The van der Waals surface area contributed by atoms with Crippen LogP contribution in [0.25, 0.3) is 0 Å². The molecule has 1 heterocycles. The lowest BCUT2D eigenvalue weighted by molar-refractivity contribution is 0.0600. The second kappa shape index (κ2) is 6.48. The first-order valence-electron chi connectivity index (χ1n) is 7.58. The molecule has 116 valence electrons. The van der Waals surface area contributed by atoms with E-state index in [1.54, 1.807) is 0 Å². The third-order valence-electron chi connectivity index (χ3n) is 4.69. The first-order valence-corrected chi connectivity index (χ1v) is 7.58. The Kier molecular flexibility index (Phi) is 4.88. The molecule has 4 heteroatoms. The molecule has 2 rings (SSSR count). The van der Waals surface area contributed by atoms with Crippen molar-refractivity contribution >= 4 is 11.7 Å². The summed E-state index contributed by atoms with van der Waals surface area (Å²) < 4.78 is 4.84. The second-order valence-electron chi connectivity index (χ2n) is 6.22. The molecule has 1 fully saturated rings. The number of benzene rings is 1. The molecule has 1 N–H and O–H groups in total. The van der Waals surface area contributed by atoms with Crippen LogP contribution in [0.5, 0.6) is 0 Å². The monoisotopic (exact) mass is 290 g/mol. The van der Waals surface area contributed by atoms with Gasteiger partial charge in [-0.05, 0) is 50.9 Å². The molecule has 1 saturated heterocycles. The van der Waals surface area contributed by atoms with Gasteiger partial charge in [-0.2, -0.15) is 0 Å². The van der Waals surface area contributed by atoms with Gasteiger partial charge < -0.3 is 15.0 Å². The molecule has 0 bridgehead atoms. The van der Waals surface area contributed by atoms with Crippen LogP contribution in [0.2, 0.25) is 0 Å². The zero-order valence-electron chi connectivity index (χ0n) is 13.6. The van der Waals surface area contributed by atoms with Gasteiger partial charge in [0.15, 0.2) is 0 Å². The summed E-state index contributed by atoms with van der Waals surface area (Å²) in [5.41, 5.74) is 2.63. The van der Waals surface area contributed by atoms with Gasteiger partial charge in [-0.15, -0.1) is 0 Å². The first-order chi connectivity index (χ1) is 9.93. The topological polar surface area (TPSA) is 41.6 Å². The number of carbonyl (C=O) groups excluding carboxylic acids is 1. The summed E-state index contributed by atoms with van der Waals surface area (Å²) in [5.74, 6) is 0.299. The Balaban J connectivity index is 2.18. The van der Waals surface area contributed by atoms with Crippen molar-refractivity contribution in [1.29, 1.82) is 0 Å². The maximum absolute atomic E-state index is 11.8. The van der Waals surface area contributed by atoms with E-state index in [-0.39, 0.29) is 5.97 Å². The third-order valence-corrected chi connectivity index (χ3v) is 4.69. The zero-order valence-corrected chi connectivity index (χ0v) is 13.6. The van der Waals surface area contributed by atoms with Crippen LogP contribution in [0.4, 0.5) is 5.69 Å². The summed E-state index contributed by atoms with van der Waals surface area (Å²) in [6.07, 6.45) is 1.11. The Bertz CT molecular complexity index is 516. The molecule has 1 aliphatic heterocycles. The summed E-state index contributed by atoms with van der Waals surface area (Å²) in [6.45, 7) is 7.60. The highest BCUT2D eigenvalue weighted by molar-refractivity contribution is 5.92. The maximum atomic E-state index is 11.8.